The van der Waals surface area contributed by atoms with Crippen LogP contribution in [0.3, 0.4) is 0 Å². The number of carbonyl (C=O) groups excluding carboxylic acids is 4. The molecule has 2 aromatic carbocycles. The van der Waals surface area contributed by atoms with E-state index in [4.69, 9.17) is 5.41 Å². The standard InChI is InChI=1S/C21H21N3O5/c22-20(15-7-9-18(28)24-21(15)29)19-14-6-5-13(11-12(14)4-8-16(19)26)23-17(27)3-1-2-10-25/h4-6,8,10-11,15,22,26H,1-3,7,9H2,(H,23,27)(H,24,28,29). The number of nitrogens with one attached hydrogen (secondary N) is 3. The number of aromatic hydroxyl groups is 1. The van der Waals surface area contributed by atoms with Crippen LogP contribution in [0.5, 0.6) is 5.75 Å². The molecule has 1 heterocycles. The normalized spacial score (nSPS) is 16.3. The molecule has 1 aliphatic heterocycles. The number of hydrogen-bond donors (Lipinski definition) is 4. The summed E-state index contributed by atoms with van der Waals surface area (Å²) in [7, 11) is 0. The van der Waals surface area contributed by atoms with Crippen molar-refractivity contribution < 1.29 is 24.3 Å². The molecule has 3 amide bonds. The van der Waals surface area contributed by atoms with Crippen molar-refractivity contribution in [3.05, 3.63) is 35.9 Å². The first-order valence-corrected chi connectivity index (χ1v) is 9.32. The van der Waals surface area contributed by atoms with Crippen molar-refractivity contribution in [3.63, 3.8) is 0 Å². The van der Waals surface area contributed by atoms with Gasteiger partial charge in [-0.05, 0) is 41.8 Å². The molecule has 0 saturated carbocycles. The number of anilines is 1. The fourth-order valence-electron chi connectivity index (χ4n) is 3.39. The van der Waals surface area contributed by atoms with E-state index >= 15 is 0 Å². The third-order valence-corrected chi connectivity index (χ3v) is 4.86. The maximum atomic E-state index is 12.1. The number of fused-ring (bicyclic) bond motifs is 1. The Morgan fingerprint density at radius 1 is 1.28 bits per heavy atom. The molecule has 8 heteroatoms. The predicted octanol–water partition coefficient (Wildman–Crippen LogP) is 2.27. The van der Waals surface area contributed by atoms with Gasteiger partial charge in [-0.2, -0.15) is 0 Å². The Bertz CT molecular complexity index is 1010. The molecule has 1 saturated heterocycles. The number of imide groups is 1. The number of carbonyl (C=O) groups is 4. The van der Waals surface area contributed by atoms with Crippen LogP contribution in [0.4, 0.5) is 5.69 Å². The van der Waals surface area contributed by atoms with Crippen LogP contribution in [0.2, 0.25) is 0 Å². The van der Waals surface area contributed by atoms with Gasteiger partial charge in [0, 0.05) is 30.5 Å². The van der Waals surface area contributed by atoms with Crippen LogP contribution in [0.1, 0.15) is 37.7 Å². The zero-order valence-electron chi connectivity index (χ0n) is 15.7. The highest BCUT2D eigenvalue weighted by Gasteiger charge is 2.32. The number of phenolic OH excluding ortho intramolecular Hbond substituents is 1. The van der Waals surface area contributed by atoms with Crippen molar-refractivity contribution >= 4 is 46.2 Å². The summed E-state index contributed by atoms with van der Waals surface area (Å²) in [4.78, 5) is 45.8. The van der Waals surface area contributed by atoms with Gasteiger partial charge >= 0.3 is 0 Å². The Balaban J connectivity index is 1.87. The van der Waals surface area contributed by atoms with E-state index in [1.54, 1.807) is 24.3 Å². The summed E-state index contributed by atoms with van der Waals surface area (Å²) in [6, 6.07) is 8.14. The van der Waals surface area contributed by atoms with E-state index in [1.807, 2.05) is 0 Å². The lowest BCUT2D eigenvalue weighted by atomic mass is 9.86. The number of unbranched alkanes of at least 4 members (excludes halogenated alkanes) is 1. The zero-order valence-corrected chi connectivity index (χ0v) is 15.7. The van der Waals surface area contributed by atoms with Crippen molar-refractivity contribution in [3.8, 4) is 5.75 Å². The van der Waals surface area contributed by atoms with E-state index in [0.29, 0.717) is 29.3 Å². The smallest absolute Gasteiger partial charge is 0.235 e. The molecule has 0 aliphatic carbocycles. The van der Waals surface area contributed by atoms with Crippen molar-refractivity contribution in [2.75, 3.05) is 5.32 Å². The fraction of sp³-hybridized carbons (Fsp3) is 0.286. The van der Waals surface area contributed by atoms with Crippen LogP contribution in [0.25, 0.3) is 10.8 Å². The minimum absolute atomic E-state index is 0.0521. The van der Waals surface area contributed by atoms with Crippen LogP contribution in [-0.4, -0.2) is 34.8 Å². The zero-order chi connectivity index (χ0) is 21.0. The molecule has 2 aromatic rings. The number of aldehydes is 1. The van der Waals surface area contributed by atoms with Gasteiger partial charge in [0.15, 0.2) is 0 Å². The van der Waals surface area contributed by atoms with E-state index in [9.17, 15) is 24.3 Å². The summed E-state index contributed by atoms with van der Waals surface area (Å²) in [5.41, 5.74) is 0.738. The van der Waals surface area contributed by atoms with E-state index in [2.05, 4.69) is 10.6 Å². The molecule has 1 atom stereocenters. The van der Waals surface area contributed by atoms with Gasteiger partial charge < -0.3 is 20.6 Å². The highest BCUT2D eigenvalue weighted by Crippen LogP contribution is 2.32. The van der Waals surface area contributed by atoms with Gasteiger partial charge in [-0.15, -0.1) is 0 Å². The average Bonchev–Trinajstić information content (AvgIpc) is 2.68. The van der Waals surface area contributed by atoms with Gasteiger partial charge in [0.25, 0.3) is 0 Å². The summed E-state index contributed by atoms with van der Waals surface area (Å²) in [6.45, 7) is 0. The Labute approximate surface area is 166 Å². The summed E-state index contributed by atoms with van der Waals surface area (Å²) in [6.07, 6.45) is 2.17. The van der Waals surface area contributed by atoms with Crippen LogP contribution in [-0.2, 0) is 19.2 Å². The van der Waals surface area contributed by atoms with Crippen molar-refractivity contribution in [2.45, 2.75) is 32.1 Å². The lowest BCUT2D eigenvalue weighted by Crippen LogP contribution is -2.43. The van der Waals surface area contributed by atoms with Gasteiger partial charge in [-0.25, -0.2) is 0 Å². The second-order valence-electron chi connectivity index (χ2n) is 6.92. The van der Waals surface area contributed by atoms with E-state index in [0.717, 1.165) is 6.29 Å². The minimum Gasteiger partial charge on any atom is -0.507 e. The molecular formula is C21H21N3O5. The van der Waals surface area contributed by atoms with Crippen LogP contribution >= 0.6 is 0 Å². The molecule has 3 rings (SSSR count). The third-order valence-electron chi connectivity index (χ3n) is 4.86. The lowest BCUT2D eigenvalue weighted by Gasteiger charge is -2.23. The third kappa shape index (κ3) is 4.48. The lowest BCUT2D eigenvalue weighted by molar-refractivity contribution is -0.134. The van der Waals surface area contributed by atoms with Gasteiger partial charge in [-0.1, -0.05) is 12.1 Å². The first-order chi connectivity index (χ1) is 13.9. The molecule has 8 nitrogen and oxygen atoms in total. The van der Waals surface area contributed by atoms with Gasteiger partial charge in [0.05, 0.1) is 11.6 Å². The van der Waals surface area contributed by atoms with Crippen molar-refractivity contribution in [1.29, 1.82) is 5.41 Å². The second-order valence-corrected chi connectivity index (χ2v) is 6.92. The number of hydrogen-bond acceptors (Lipinski definition) is 6. The number of piperidine rings is 1. The Hall–Kier alpha value is -3.55. The maximum absolute atomic E-state index is 12.1. The first kappa shape index (κ1) is 20.2. The second kappa shape index (κ2) is 8.64. The minimum atomic E-state index is -0.818. The molecule has 1 aliphatic rings. The highest BCUT2D eigenvalue weighted by atomic mass is 16.3. The number of amides is 3. The number of phenols is 1. The van der Waals surface area contributed by atoms with E-state index < -0.39 is 11.8 Å². The first-order valence-electron chi connectivity index (χ1n) is 9.32. The van der Waals surface area contributed by atoms with Crippen LogP contribution in [0, 0.1) is 11.3 Å². The molecule has 1 unspecified atom stereocenters. The predicted molar refractivity (Wildman–Crippen MR) is 107 cm³/mol. The van der Waals surface area contributed by atoms with Crippen molar-refractivity contribution in [2.24, 2.45) is 5.92 Å². The summed E-state index contributed by atoms with van der Waals surface area (Å²) in [5, 5.41) is 25.1. The van der Waals surface area contributed by atoms with Crippen LogP contribution < -0.4 is 10.6 Å². The molecule has 0 aromatic heterocycles. The summed E-state index contributed by atoms with van der Waals surface area (Å²) >= 11 is 0. The molecule has 0 bridgehead atoms. The van der Waals surface area contributed by atoms with Gasteiger partial charge in [0.2, 0.25) is 17.7 Å². The molecule has 4 N–H and O–H groups in total. The summed E-state index contributed by atoms with van der Waals surface area (Å²) in [5.74, 6) is -2.06. The Morgan fingerprint density at radius 2 is 2.07 bits per heavy atom. The molecule has 1 fully saturated rings. The Morgan fingerprint density at radius 3 is 2.79 bits per heavy atom. The largest absolute Gasteiger partial charge is 0.507 e. The monoisotopic (exact) mass is 395 g/mol. The number of benzene rings is 2. The quantitative estimate of drug-likeness (QED) is 0.247. The molecule has 29 heavy (non-hydrogen) atoms. The molecule has 0 radical (unpaired) electrons. The van der Waals surface area contributed by atoms with E-state index in [-0.39, 0.29) is 48.1 Å². The van der Waals surface area contributed by atoms with Crippen LogP contribution in [0.15, 0.2) is 30.3 Å². The SMILES string of the molecule is N=C(c1c(O)ccc2cc(NC(=O)CCCC=O)ccc12)C1CCC(=O)NC1=O. The topological polar surface area (TPSA) is 136 Å². The van der Waals surface area contributed by atoms with Gasteiger partial charge in [-0.3, -0.25) is 19.7 Å². The average molecular weight is 395 g/mol. The highest BCUT2D eigenvalue weighted by molar-refractivity contribution is 6.21. The summed E-state index contributed by atoms with van der Waals surface area (Å²) < 4.78 is 0. The van der Waals surface area contributed by atoms with Crippen molar-refractivity contribution in [1.82, 2.24) is 5.32 Å². The fourth-order valence-corrected chi connectivity index (χ4v) is 3.39. The molecule has 150 valence electrons. The van der Waals surface area contributed by atoms with E-state index in [1.165, 1.54) is 6.07 Å². The number of rotatable bonds is 7. The molecule has 0 spiro atoms. The maximum Gasteiger partial charge on any atom is 0.235 e. The molecular weight excluding hydrogens is 374 g/mol. The Kier molecular flexibility index (Phi) is 6.01. The van der Waals surface area contributed by atoms with Gasteiger partial charge in [0.1, 0.15) is 12.0 Å².